The second kappa shape index (κ2) is 10.6. The number of benzene rings is 2. The molecule has 0 bridgehead atoms. The van der Waals surface area contributed by atoms with Crippen molar-refractivity contribution in [3.8, 4) is 11.5 Å². The summed E-state index contributed by atoms with van der Waals surface area (Å²) in [5.74, 6) is 1.05. The van der Waals surface area contributed by atoms with E-state index < -0.39 is 8.25 Å². The van der Waals surface area contributed by atoms with Crippen molar-refractivity contribution in [2.45, 2.75) is 0 Å². The maximum absolute atomic E-state index is 11.5. The molecule has 0 saturated heterocycles. The Morgan fingerprint density at radius 1 is 0.667 bits per heavy atom. The molecule has 0 saturated carbocycles. The quantitative estimate of drug-likeness (QED) is 0.575. The van der Waals surface area contributed by atoms with E-state index in [9.17, 15) is 4.57 Å². The van der Waals surface area contributed by atoms with Crippen LogP contribution in [0.1, 0.15) is 0 Å². The molecule has 0 heterocycles. The molecule has 18 heavy (non-hydrogen) atoms. The van der Waals surface area contributed by atoms with Crippen molar-refractivity contribution in [2.75, 3.05) is 0 Å². The second-order valence-electron chi connectivity index (χ2n) is 3.03. The monoisotopic (exact) mass is 517 g/mol. The third kappa shape index (κ3) is 6.85. The number of para-hydroxylation sites is 2. The van der Waals surface area contributed by atoms with E-state index in [0.717, 1.165) is 0 Å². The molecular formula is C12H10Nd2O3P+. The van der Waals surface area contributed by atoms with Gasteiger partial charge in [0.15, 0.2) is 11.5 Å². The first-order chi connectivity index (χ1) is 7.84. The zero-order valence-electron chi connectivity index (χ0n) is 9.45. The molecule has 0 aromatic heterocycles. The van der Waals surface area contributed by atoms with Gasteiger partial charge >= 0.3 is 8.25 Å². The van der Waals surface area contributed by atoms with Gasteiger partial charge in [-0.05, 0) is 24.3 Å². The van der Waals surface area contributed by atoms with Crippen LogP contribution in [0, 0.1) is 81.7 Å². The molecule has 0 amide bonds. The van der Waals surface area contributed by atoms with Gasteiger partial charge in [0.1, 0.15) is 0 Å². The molecule has 0 N–H and O–H groups in total. The molecule has 0 aliphatic carbocycles. The summed E-state index contributed by atoms with van der Waals surface area (Å²) in [5.41, 5.74) is 0. The van der Waals surface area contributed by atoms with Gasteiger partial charge in [-0.3, -0.25) is 0 Å². The van der Waals surface area contributed by atoms with Crippen molar-refractivity contribution < 1.29 is 95.3 Å². The molecule has 0 unspecified atom stereocenters. The van der Waals surface area contributed by atoms with Gasteiger partial charge < -0.3 is 0 Å². The molecule has 0 radical (unpaired) electrons. The van der Waals surface area contributed by atoms with Crippen molar-refractivity contribution in [1.29, 1.82) is 0 Å². The first-order valence-corrected chi connectivity index (χ1v) is 5.87. The molecule has 0 aliphatic heterocycles. The molecule has 0 spiro atoms. The van der Waals surface area contributed by atoms with Crippen molar-refractivity contribution >= 4 is 8.25 Å². The van der Waals surface area contributed by atoms with Crippen LogP contribution < -0.4 is 9.05 Å². The summed E-state index contributed by atoms with van der Waals surface area (Å²) in [6, 6.07) is 17.8. The second-order valence-corrected chi connectivity index (χ2v) is 3.84. The largest absolute Gasteiger partial charge is 0.805 e. The third-order valence-corrected chi connectivity index (χ3v) is 2.57. The Balaban J connectivity index is 0.00000144. The fourth-order valence-corrected chi connectivity index (χ4v) is 1.78. The molecule has 2 aromatic carbocycles. The van der Waals surface area contributed by atoms with Crippen molar-refractivity contribution in [2.24, 2.45) is 0 Å². The van der Waals surface area contributed by atoms with Crippen molar-refractivity contribution in [3.63, 3.8) is 0 Å². The normalized spacial score (nSPS) is 8.44. The molecule has 2 rings (SSSR count). The Kier molecular flexibility index (Phi) is 11.1. The van der Waals surface area contributed by atoms with Crippen LogP contribution in [0.4, 0.5) is 0 Å². The van der Waals surface area contributed by atoms with E-state index in [1.807, 2.05) is 12.1 Å². The Labute approximate surface area is 173 Å². The molecule has 0 aliphatic rings. The topological polar surface area (TPSA) is 35.5 Å². The minimum atomic E-state index is -2.18. The Morgan fingerprint density at radius 3 is 1.33 bits per heavy atom. The predicted octanol–water partition coefficient (Wildman–Crippen LogP) is 3.80. The average molecular weight is 522 g/mol. The van der Waals surface area contributed by atoms with E-state index in [2.05, 4.69) is 0 Å². The van der Waals surface area contributed by atoms with Crippen LogP contribution in [0.3, 0.4) is 0 Å². The van der Waals surface area contributed by atoms with E-state index in [1.54, 1.807) is 48.5 Å². The summed E-state index contributed by atoms with van der Waals surface area (Å²) < 4.78 is 21.7. The van der Waals surface area contributed by atoms with Gasteiger partial charge in [0.2, 0.25) is 0 Å². The van der Waals surface area contributed by atoms with Gasteiger partial charge in [0, 0.05) is 86.2 Å². The van der Waals surface area contributed by atoms with E-state index in [-0.39, 0.29) is 81.7 Å². The zero-order valence-corrected chi connectivity index (χ0v) is 16.8. The van der Waals surface area contributed by atoms with E-state index in [4.69, 9.17) is 9.05 Å². The van der Waals surface area contributed by atoms with Gasteiger partial charge in [-0.2, -0.15) is 0 Å². The smallest absolute Gasteiger partial charge is 0.222 e. The van der Waals surface area contributed by atoms with E-state index in [0.29, 0.717) is 11.5 Å². The molecule has 6 heteroatoms. The van der Waals surface area contributed by atoms with Crippen LogP contribution >= 0.6 is 8.25 Å². The van der Waals surface area contributed by atoms with Gasteiger partial charge in [-0.25, -0.2) is 9.05 Å². The molecule has 3 nitrogen and oxygen atoms in total. The van der Waals surface area contributed by atoms with Crippen LogP contribution in [0.5, 0.6) is 11.5 Å². The molecule has 88 valence electrons. The minimum Gasteiger partial charge on any atom is -0.222 e. The summed E-state index contributed by atoms with van der Waals surface area (Å²) in [4.78, 5) is 0. The fourth-order valence-electron chi connectivity index (χ4n) is 1.15. The van der Waals surface area contributed by atoms with Crippen molar-refractivity contribution in [1.82, 2.24) is 0 Å². The van der Waals surface area contributed by atoms with Crippen LogP contribution in [0.15, 0.2) is 60.7 Å². The summed E-state index contributed by atoms with van der Waals surface area (Å²) in [5, 5.41) is 0. The maximum Gasteiger partial charge on any atom is 0.805 e. The van der Waals surface area contributed by atoms with E-state index >= 15 is 0 Å². The summed E-state index contributed by atoms with van der Waals surface area (Å²) in [6.07, 6.45) is 0. The third-order valence-electron chi connectivity index (χ3n) is 1.85. The van der Waals surface area contributed by atoms with Gasteiger partial charge in [-0.1, -0.05) is 36.4 Å². The first-order valence-electron chi connectivity index (χ1n) is 4.78. The Hall–Kier alpha value is 0.841. The number of rotatable bonds is 4. The molecule has 0 atom stereocenters. The fraction of sp³-hybridized carbons (Fsp3) is 0. The molecule has 0 fully saturated rings. The number of hydrogen-bond donors (Lipinski definition) is 0. The summed E-state index contributed by atoms with van der Waals surface area (Å²) in [6.45, 7) is 0. The van der Waals surface area contributed by atoms with Gasteiger partial charge in [-0.15, -0.1) is 0 Å². The molecule has 2 aromatic rings. The predicted molar refractivity (Wildman–Crippen MR) is 61.7 cm³/mol. The maximum atomic E-state index is 11.5. The summed E-state index contributed by atoms with van der Waals surface area (Å²) >= 11 is 0. The molecular weight excluding hydrogens is 512 g/mol. The van der Waals surface area contributed by atoms with Crippen molar-refractivity contribution in [3.05, 3.63) is 60.7 Å². The van der Waals surface area contributed by atoms with Gasteiger partial charge in [0.25, 0.3) is 0 Å². The Bertz CT molecular complexity index is 422. The van der Waals surface area contributed by atoms with Crippen LogP contribution in [0.2, 0.25) is 0 Å². The standard InChI is InChI=1S/C12H10O3P.2Nd/c13-16(14-11-7-3-1-4-8-11)15-12-9-5-2-6-10-12;;/h1-10H;;/q+1;;. The van der Waals surface area contributed by atoms with Crippen LogP contribution in [0.25, 0.3) is 0 Å². The SMILES string of the molecule is O=[P+](Oc1ccccc1)Oc1ccccc1.[Nd].[Nd]. The minimum absolute atomic E-state index is 0. The van der Waals surface area contributed by atoms with Crippen LogP contribution in [-0.2, 0) is 4.57 Å². The summed E-state index contributed by atoms with van der Waals surface area (Å²) in [7, 11) is -2.18. The zero-order chi connectivity index (χ0) is 11.2. The van der Waals surface area contributed by atoms with E-state index in [1.165, 1.54) is 0 Å². The first kappa shape index (κ1) is 18.8. The van der Waals surface area contributed by atoms with Crippen LogP contribution in [-0.4, -0.2) is 0 Å². The van der Waals surface area contributed by atoms with Gasteiger partial charge in [0.05, 0.1) is 0 Å². The Morgan fingerprint density at radius 2 is 1.00 bits per heavy atom. The average Bonchev–Trinajstić information content (AvgIpc) is 2.31. The number of hydrogen-bond acceptors (Lipinski definition) is 3.